The monoisotopic (exact) mass is 343 g/mol. The van der Waals surface area contributed by atoms with Gasteiger partial charge in [-0.15, -0.1) is 0 Å². The van der Waals surface area contributed by atoms with Crippen molar-refractivity contribution < 1.29 is 4.74 Å². The Morgan fingerprint density at radius 3 is 2.95 bits per heavy atom. The normalized spacial score (nSPS) is 10.7. The van der Waals surface area contributed by atoms with Crippen LogP contribution in [-0.2, 0) is 11.3 Å². The van der Waals surface area contributed by atoms with Crippen LogP contribution in [0.2, 0.25) is 5.02 Å². The summed E-state index contributed by atoms with van der Waals surface area (Å²) in [5.41, 5.74) is 1.90. The molecule has 2 aromatic rings. The van der Waals surface area contributed by atoms with Gasteiger partial charge in [0.2, 0.25) is 5.95 Å². The van der Waals surface area contributed by atoms with Gasteiger partial charge in [-0.1, -0.05) is 11.6 Å². The van der Waals surface area contributed by atoms with Crippen molar-refractivity contribution in [3.8, 4) is 0 Å². The number of hydrogen-bond donors (Lipinski definition) is 1. The van der Waals surface area contributed by atoms with E-state index in [2.05, 4.69) is 26.2 Å². The molecule has 2 rings (SSSR count). The lowest BCUT2D eigenvalue weighted by molar-refractivity contribution is 0.188. The molecule has 4 nitrogen and oxygen atoms in total. The first kappa shape index (κ1) is 14.4. The summed E-state index contributed by atoms with van der Waals surface area (Å²) in [7, 11) is 1.69. The topological polar surface area (TPSA) is 39.1 Å². The maximum absolute atomic E-state index is 5.98. The van der Waals surface area contributed by atoms with Gasteiger partial charge in [-0.05, 0) is 41.1 Å². The summed E-state index contributed by atoms with van der Waals surface area (Å²) in [6.07, 6.45) is 1.99. The highest BCUT2D eigenvalue weighted by molar-refractivity contribution is 9.10. The quantitative estimate of drug-likeness (QED) is 0.891. The number of ether oxygens (including phenoxy) is 1. The maximum atomic E-state index is 5.98. The zero-order valence-electron chi connectivity index (χ0n) is 10.8. The Kier molecular flexibility index (Phi) is 4.85. The van der Waals surface area contributed by atoms with Crippen LogP contribution in [0.3, 0.4) is 0 Å². The molecular formula is C13H15BrClN3O. The van der Waals surface area contributed by atoms with Crippen LogP contribution in [0.15, 0.2) is 28.9 Å². The van der Waals surface area contributed by atoms with Gasteiger partial charge in [0, 0.05) is 30.0 Å². The fourth-order valence-corrected chi connectivity index (χ4v) is 2.21. The lowest BCUT2D eigenvalue weighted by atomic mass is 10.3. The fraction of sp³-hybridized carbons (Fsp3) is 0.308. The van der Waals surface area contributed by atoms with E-state index in [1.54, 1.807) is 7.11 Å². The lowest BCUT2D eigenvalue weighted by Gasteiger charge is -2.10. The smallest absolute Gasteiger partial charge is 0.207 e. The first-order chi connectivity index (χ1) is 9.10. The van der Waals surface area contributed by atoms with Crippen molar-refractivity contribution >= 4 is 39.2 Å². The number of nitrogens with zero attached hydrogens (tertiary/aromatic N) is 2. The molecule has 1 N–H and O–H groups in total. The third-order valence-electron chi connectivity index (χ3n) is 2.61. The predicted octanol–water partition coefficient (Wildman–Crippen LogP) is 4.00. The van der Waals surface area contributed by atoms with Crippen LogP contribution in [0.25, 0.3) is 0 Å². The Morgan fingerprint density at radius 1 is 1.47 bits per heavy atom. The summed E-state index contributed by atoms with van der Waals surface area (Å²) in [4.78, 5) is 4.46. The summed E-state index contributed by atoms with van der Waals surface area (Å²) in [6, 6.07) is 5.67. The Balaban J connectivity index is 2.19. The molecule has 0 bridgehead atoms. The lowest BCUT2D eigenvalue weighted by Crippen LogP contribution is -2.07. The van der Waals surface area contributed by atoms with Crippen molar-refractivity contribution in [2.75, 3.05) is 19.0 Å². The molecule has 102 valence electrons. The van der Waals surface area contributed by atoms with Gasteiger partial charge in [0.25, 0.3) is 0 Å². The second-order valence-electron chi connectivity index (χ2n) is 4.15. The summed E-state index contributed by atoms with van der Waals surface area (Å²) in [5.74, 6) is 0.795. The molecule has 0 aliphatic rings. The average molecular weight is 345 g/mol. The number of aromatic nitrogens is 2. The van der Waals surface area contributed by atoms with Gasteiger partial charge in [0.1, 0.15) is 0 Å². The first-order valence-electron chi connectivity index (χ1n) is 5.85. The molecule has 1 heterocycles. The van der Waals surface area contributed by atoms with E-state index in [-0.39, 0.29) is 0 Å². The van der Waals surface area contributed by atoms with E-state index >= 15 is 0 Å². The molecule has 0 radical (unpaired) electrons. The summed E-state index contributed by atoms with van der Waals surface area (Å²) >= 11 is 9.38. The third kappa shape index (κ3) is 3.72. The summed E-state index contributed by atoms with van der Waals surface area (Å²) in [5, 5.41) is 3.96. The van der Waals surface area contributed by atoms with Gasteiger partial charge >= 0.3 is 0 Å². The van der Waals surface area contributed by atoms with Crippen LogP contribution >= 0.6 is 27.5 Å². The van der Waals surface area contributed by atoms with Crippen molar-refractivity contribution in [1.82, 2.24) is 9.55 Å². The molecule has 0 saturated heterocycles. The van der Waals surface area contributed by atoms with Gasteiger partial charge in [-0.2, -0.15) is 0 Å². The van der Waals surface area contributed by atoms with E-state index in [9.17, 15) is 0 Å². The zero-order chi connectivity index (χ0) is 13.8. The molecule has 0 amide bonds. The molecule has 0 aliphatic carbocycles. The highest BCUT2D eigenvalue weighted by Crippen LogP contribution is 2.27. The van der Waals surface area contributed by atoms with Crippen LogP contribution < -0.4 is 5.32 Å². The third-order valence-corrected chi connectivity index (χ3v) is 3.82. The number of benzene rings is 1. The van der Waals surface area contributed by atoms with Gasteiger partial charge in [0.15, 0.2) is 0 Å². The van der Waals surface area contributed by atoms with Crippen LogP contribution in [0.4, 0.5) is 11.6 Å². The van der Waals surface area contributed by atoms with Gasteiger partial charge in [-0.25, -0.2) is 4.98 Å². The molecule has 1 aromatic carbocycles. The van der Waals surface area contributed by atoms with Crippen LogP contribution in [-0.4, -0.2) is 23.3 Å². The molecule has 0 spiro atoms. The van der Waals surface area contributed by atoms with Crippen LogP contribution in [0.5, 0.6) is 0 Å². The standard InChI is InChI=1S/C13H15BrClN3O/c1-9-8-18(5-6-19-2)13(16-9)17-10-3-4-12(15)11(14)7-10/h3-4,7-8H,5-6H2,1-2H3,(H,16,17). The van der Waals surface area contributed by atoms with Crippen molar-refractivity contribution in [1.29, 1.82) is 0 Å². The Bertz CT molecular complexity index is 571. The molecular weight excluding hydrogens is 330 g/mol. The number of rotatable bonds is 5. The van der Waals surface area contributed by atoms with Gasteiger partial charge in [0.05, 0.1) is 17.3 Å². The van der Waals surface area contributed by atoms with E-state index in [1.807, 2.05) is 35.9 Å². The molecule has 0 fully saturated rings. The first-order valence-corrected chi connectivity index (χ1v) is 7.02. The van der Waals surface area contributed by atoms with Gasteiger partial charge in [-0.3, -0.25) is 0 Å². The highest BCUT2D eigenvalue weighted by atomic mass is 79.9. The predicted molar refractivity (Wildman–Crippen MR) is 81.3 cm³/mol. The van der Waals surface area contributed by atoms with Crippen molar-refractivity contribution in [2.45, 2.75) is 13.5 Å². The number of halogens is 2. The largest absolute Gasteiger partial charge is 0.383 e. The molecule has 19 heavy (non-hydrogen) atoms. The fourth-order valence-electron chi connectivity index (χ4n) is 1.71. The number of methoxy groups -OCH3 is 1. The number of nitrogens with one attached hydrogen (secondary N) is 1. The number of imidazole rings is 1. The summed E-state index contributed by atoms with van der Waals surface area (Å²) < 4.78 is 7.98. The molecule has 0 unspecified atom stereocenters. The van der Waals surface area contributed by atoms with Crippen molar-refractivity contribution in [2.24, 2.45) is 0 Å². The molecule has 0 saturated carbocycles. The average Bonchev–Trinajstić information content (AvgIpc) is 2.71. The van der Waals surface area contributed by atoms with Crippen molar-refractivity contribution in [3.05, 3.63) is 39.6 Å². The second kappa shape index (κ2) is 6.41. The van der Waals surface area contributed by atoms with Gasteiger partial charge < -0.3 is 14.6 Å². The Morgan fingerprint density at radius 2 is 2.26 bits per heavy atom. The number of aryl methyl sites for hydroxylation is 1. The second-order valence-corrected chi connectivity index (χ2v) is 5.41. The van der Waals surface area contributed by atoms with E-state index < -0.39 is 0 Å². The van der Waals surface area contributed by atoms with Crippen LogP contribution in [0.1, 0.15) is 5.69 Å². The zero-order valence-corrected chi connectivity index (χ0v) is 13.1. The van der Waals surface area contributed by atoms with Crippen molar-refractivity contribution in [3.63, 3.8) is 0 Å². The summed E-state index contributed by atoms with van der Waals surface area (Å²) in [6.45, 7) is 3.37. The minimum absolute atomic E-state index is 0.648. The Hall–Kier alpha value is -1.04. The van der Waals surface area contributed by atoms with E-state index in [4.69, 9.17) is 16.3 Å². The molecule has 6 heteroatoms. The SMILES string of the molecule is COCCn1cc(C)nc1Nc1ccc(Cl)c(Br)c1. The van der Waals surface area contributed by atoms with E-state index in [0.29, 0.717) is 11.6 Å². The van der Waals surface area contributed by atoms with Crippen LogP contribution in [0, 0.1) is 6.92 Å². The highest BCUT2D eigenvalue weighted by Gasteiger charge is 2.07. The Labute approximate surface area is 125 Å². The number of hydrogen-bond acceptors (Lipinski definition) is 3. The molecule has 1 aromatic heterocycles. The molecule has 0 atom stereocenters. The maximum Gasteiger partial charge on any atom is 0.207 e. The number of anilines is 2. The minimum atomic E-state index is 0.648. The van der Waals surface area contributed by atoms with E-state index in [1.165, 1.54) is 0 Å². The molecule has 0 aliphatic heterocycles. The minimum Gasteiger partial charge on any atom is -0.383 e. The van der Waals surface area contributed by atoms with E-state index in [0.717, 1.165) is 28.3 Å².